The fraction of sp³-hybridized carbons (Fsp3) is 0.480. The van der Waals surface area contributed by atoms with Crippen LogP contribution >= 0.6 is 12.6 Å². The van der Waals surface area contributed by atoms with Gasteiger partial charge in [0.2, 0.25) is 23.6 Å². The maximum atomic E-state index is 13.2. The summed E-state index contributed by atoms with van der Waals surface area (Å²) in [7, 11) is 0. The third-order valence-electron chi connectivity index (χ3n) is 6.35. The molecule has 0 bridgehead atoms. The van der Waals surface area contributed by atoms with Gasteiger partial charge < -0.3 is 37.5 Å². The summed E-state index contributed by atoms with van der Waals surface area (Å²) in [5.74, 6) is -4.50. The van der Waals surface area contributed by atoms with E-state index < -0.39 is 53.8 Å². The highest BCUT2D eigenvalue weighted by Gasteiger charge is 2.32. The Labute approximate surface area is 226 Å². The van der Waals surface area contributed by atoms with Gasteiger partial charge in [-0.1, -0.05) is 38.5 Å². The van der Waals surface area contributed by atoms with Crippen molar-refractivity contribution in [2.45, 2.75) is 63.7 Å². The fourth-order valence-electron chi connectivity index (χ4n) is 3.87. The highest BCUT2D eigenvalue weighted by atomic mass is 32.1. The number of carboxylic acid groups (broad SMARTS) is 1. The summed E-state index contributed by atoms with van der Waals surface area (Å²) >= 11 is 3.94. The van der Waals surface area contributed by atoms with Crippen LogP contribution in [0.15, 0.2) is 30.5 Å². The number of nitrogens with two attached hydrogens (primary N) is 2. The molecule has 2 aromatic rings. The minimum Gasteiger partial charge on any atom is -0.480 e. The van der Waals surface area contributed by atoms with Gasteiger partial charge in [0.05, 0.1) is 6.04 Å². The molecule has 1 aromatic heterocycles. The Morgan fingerprint density at radius 3 is 2.29 bits per heavy atom. The topological polar surface area (TPSA) is 209 Å². The van der Waals surface area contributed by atoms with Crippen LogP contribution in [0, 0.1) is 5.92 Å². The molecule has 12 nitrogen and oxygen atoms in total. The molecule has 0 aliphatic heterocycles. The second-order valence-corrected chi connectivity index (χ2v) is 9.56. The predicted octanol–water partition coefficient (Wildman–Crippen LogP) is -0.182. The lowest BCUT2D eigenvalue weighted by molar-refractivity contribution is -0.142. The molecule has 9 N–H and O–H groups in total. The van der Waals surface area contributed by atoms with E-state index in [9.17, 15) is 29.1 Å². The second kappa shape index (κ2) is 14.4. The summed E-state index contributed by atoms with van der Waals surface area (Å²) < 4.78 is 0. The van der Waals surface area contributed by atoms with Crippen molar-refractivity contribution in [2.24, 2.45) is 17.4 Å². The Kier molecular flexibility index (Phi) is 11.6. The summed E-state index contributed by atoms with van der Waals surface area (Å²) in [5.41, 5.74) is 13.1. The number of para-hydroxylation sites is 1. The monoisotopic (exact) mass is 548 g/mol. The lowest BCUT2D eigenvalue weighted by atomic mass is 9.97. The van der Waals surface area contributed by atoms with Crippen LogP contribution in [0.5, 0.6) is 0 Å². The molecule has 13 heteroatoms. The number of primary amides is 1. The number of aromatic nitrogens is 1. The van der Waals surface area contributed by atoms with Gasteiger partial charge in [0.1, 0.15) is 18.1 Å². The van der Waals surface area contributed by atoms with E-state index in [1.807, 2.05) is 24.3 Å². The van der Waals surface area contributed by atoms with E-state index >= 15 is 0 Å². The van der Waals surface area contributed by atoms with E-state index in [0.717, 1.165) is 16.5 Å². The van der Waals surface area contributed by atoms with Crippen LogP contribution in [-0.4, -0.2) is 69.6 Å². The third-order valence-corrected chi connectivity index (χ3v) is 6.72. The largest absolute Gasteiger partial charge is 0.480 e. The van der Waals surface area contributed by atoms with Crippen molar-refractivity contribution >= 4 is 53.1 Å². The number of amides is 4. The molecular formula is C25H36N6O6S. The molecule has 0 radical (unpaired) electrons. The van der Waals surface area contributed by atoms with Crippen LogP contribution < -0.4 is 27.4 Å². The number of aromatic amines is 1. The van der Waals surface area contributed by atoms with Crippen LogP contribution in [0.4, 0.5) is 0 Å². The minimum absolute atomic E-state index is 0.115. The van der Waals surface area contributed by atoms with Gasteiger partial charge in [-0.15, -0.1) is 0 Å². The molecule has 4 amide bonds. The number of carbonyl (C=O) groups excluding carboxylic acids is 4. The molecule has 1 aromatic carbocycles. The first-order chi connectivity index (χ1) is 18.0. The molecule has 0 aliphatic rings. The Morgan fingerprint density at radius 2 is 1.68 bits per heavy atom. The lowest BCUT2D eigenvalue weighted by Crippen LogP contribution is -2.59. The molecule has 5 unspecified atom stereocenters. The average molecular weight is 549 g/mol. The zero-order chi connectivity index (χ0) is 28.4. The van der Waals surface area contributed by atoms with E-state index in [2.05, 4.69) is 33.6 Å². The summed E-state index contributed by atoms with van der Waals surface area (Å²) in [6, 6.07) is 3.00. The molecule has 0 aliphatic carbocycles. The first-order valence-electron chi connectivity index (χ1n) is 12.3. The van der Waals surface area contributed by atoms with Crippen molar-refractivity contribution in [1.29, 1.82) is 0 Å². The van der Waals surface area contributed by atoms with E-state index in [4.69, 9.17) is 11.5 Å². The van der Waals surface area contributed by atoms with E-state index in [1.54, 1.807) is 20.0 Å². The number of H-pyrrole nitrogens is 1. The van der Waals surface area contributed by atoms with Gasteiger partial charge >= 0.3 is 5.97 Å². The molecule has 2 rings (SSSR count). The zero-order valence-corrected chi connectivity index (χ0v) is 22.3. The number of thiol groups is 1. The van der Waals surface area contributed by atoms with Crippen LogP contribution in [0.2, 0.25) is 0 Å². The van der Waals surface area contributed by atoms with Gasteiger partial charge in [0.25, 0.3) is 0 Å². The maximum absolute atomic E-state index is 13.2. The molecule has 5 atom stereocenters. The third kappa shape index (κ3) is 8.48. The van der Waals surface area contributed by atoms with Gasteiger partial charge in [-0.05, 0) is 30.4 Å². The molecule has 1 heterocycles. The van der Waals surface area contributed by atoms with E-state index in [1.165, 1.54) is 0 Å². The van der Waals surface area contributed by atoms with Gasteiger partial charge in [-0.25, -0.2) is 4.79 Å². The van der Waals surface area contributed by atoms with Crippen LogP contribution in [0.25, 0.3) is 10.9 Å². The maximum Gasteiger partial charge on any atom is 0.327 e. The summed E-state index contributed by atoms with van der Waals surface area (Å²) in [6.45, 7) is 3.52. The number of rotatable bonds is 15. The van der Waals surface area contributed by atoms with E-state index in [-0.39, 0.29) is 30.9 Å². The first-order valence-corrected chi connectivity index (χ1v) is 12.9. The summed E-state index contributed by atoms with van der Waals surface area (Å²) in [6.07, 6.45) is 2.13. The van der Waals surface area contributed by atoms with Gasteiger partial charge in [0, 0.05) is 29.3 Å². The number of carbonyl (C=O) groups is 5. The Bertz CT molecular complexity index is 1150. The Balaban J connectivity index is 2.16. The zero-order valence-electron chi connectivity index (χ0n) is 21.4. The number of aliphatic carboxylic acids is 1. The van der Waals surface area contributed by atoms with Gasteiger partial charge in [-0.2, -0.15) is 12.6 Å². The number of benzene rings is 1. The number of fused-ring (bicyclic) bond motifs is 1. The molecule has 0 saturated carbocycles. The SMILES string of the molecule is CCC(C)C(NC(=O)C(CCC(N)=O)NC(=O)C(N)Cc1c[nH]c2ccccc12)C(=O)NC(CS)C(=O)O. The Hall–Kier alpha value is -3.58. The molecule has 208 valence electrons. The van der Waals surface area contributed by atoms with Crippen molar-refractivity contribution in [2.75, 3.05) is 5.75 Å². The summed E-state index contributed by atoms with van der Waals surface area (Å²) in [5, 5.41) is 17.7. The molecule has 0 saturated heterocycles. The van der Waals surface area contributed by atoms with Crippen molar-refractivity contribution in [3.05, 3.63) is 36.0 Å². The van der Waals surface area contributed by atoms with Crippen molar-refractivity contribution in [3.63, 3.8) is 0 Å². The summed E-state index contributed by atoms with van der Waals surface area (Å²) in [4.78, 5) is 64.8. The van der Waals surface area contributed by atoms with Crippen molar-refractivity contribution in [1.82, 2.24) is 20.9 Å². The quantitative estimate of drug-likeness (QED) is 0.141. The lowest BCUT2D eigenvalue weighted by Gasteiger charge is -2.28. The van der Waals surface area contributed by atoms with Gasteiger partial charge in [-0.3, -0.25) is 19.2 Å². The normalized spacial score (nSPS) is 15.1. The smallest absolute Gasteiger partial charge is 0.327 e. The number of nitrogens with one attached hydrogen (secondary N) is 4. The van der Waals surface area contributed by atoms with Crippen LogP contribution in [0.3, 0.4) is 0 Å². The van der Waals surface area contributed by atoms with Crippen molar-refractivity contribution < 1.29 is 29.1 Å². The second-order valence-electron chi connectivity index (χ2n) is 9.19. The molecular weight excluding hydrogens is 512 g/mol. The number of hydrogen-bond donors (Lipinski definition) is 8. The number of hydrogen-bond acceptors (Lipinski definition) is 7. The van der Waals surface area contributed by atoms with Crippen LogP contribution in [-0.2, 0) is 30.4 Å². The first kappa shape index (κ1) is 30.6. The standard InChI is InChI=1S/C25H36N6O6S/c1-3-13(2)21(24(35)30-19(12-38)25(36)37)31-23(34)18(8-9-20(27)32)29-22(33)16(26)10-14-11-28-17-7-5-4-6-15(14)17/h4-7,11,13,16,18-19,21,28,38H,3,8-10,12,26H2,1-2H3,(H2,27,32)(H,29,33)(H,30,35)(H,31,34)(H,36,37). The average Bonchev–Trinajstić information content (AvgIpc) is 3.29. The fourth-order valence-corrected chi connectivity index (χ4v) is 4.11. The van der Waals surface area contributed by atoms with Gasteiger partial charge in [0.15, 0.2) is 0 Å². The molecule has 0 spiro atoms. The highest BCUT2D eigenvalue weighted by molar-refractivity contribution is 7.80. The van der Waals surface area contributed by atoms with Crippen LogP contribution in [0.1, 0.15) is 38.7 Å². The Morgan fingerprint density at radius 1 is 1.03 bits per heavy atom. The number of carboxylic acids is 1. The van der Waals surface area contributed by atoms with Crippen molar-refractivity contribution in [3.8, 4) is 0 Å². The predicted molar refractivity (Wildman–Crippen MR) is 145 cm³/mol. The molecule has 0 fully saturated rings. The minimum atomic E-state index is -1.27. The van der Waals surface area contributed by atoms with E-state index in [0.29, 0.717) is 6.42 Å². The molecule has 38 heavy (non-hydrogen) atoms. The highest BCUT2D eigenvalue weighted by Crippen LogP contribution is 2.19.